The summed E-state index contributed by atoms with van der Waals surface area (Å²) in [5.74, 6) is -2.08. The molecule has 1 atom stereocenters. The summed E-state index contributed by atoms with van der Waals surface area (Å²) in [7, 11) is -4.09. The molecule has 0 aromatic heterocycles. The van der Waals surface area contributed by atoms with E-state index in [-0.39, 0.29) is 28.7 Å². The molecule has 1 saturated heterocycles. The molecular formula is C25H27BrN2O6S. The van der Waals surface area contributed by atoms with Gasteiger partial charge in [-0.2, -0.15) is 5.26 Å². The summed E-state index contributed by atoms with van der Waals surface area (Å²) in [6.45, 7) is 0.905. The third-order valence-corrected chi connectivity index (χ3v) is 8.96. The number of sulfone groups is 1. The summed E-state index contributed by atoms with van der Waals surface area (Å²) < 4.78 is 32.5. The number of benzene rings is 2. The highest BCUT2D eigenvalue weighted by molar-refractivity contribution is 9.10. The third kappa shape index (κ3) is 5.32. The summed E-state index contributed by atoms with van der Waals surface area (Å²) in [6, 6.07) is 9.35. The molecule has 2 aliphatic rings. The molecule has 3 N–H and O–H groups in total. The van der Waals surface area contributed by atoms with Crippen LogP contribution < -0.4 is 5.32 Å². The average Bonchev–Trinajstić information content (AvgIpc) is 2.81. The average molecular weight is 563 g/mol. The second-order valence-electron chi connectivity index (χ2n) is 9.15. The van der Waals surface area contributed by atoms with Crippen LogP contribution in [0.25, 0.3) is 0 Å². The van der Waals surface area contributed by atoms with Gasteiger partial charge in [0.15, 0.2) is 9.84 Å². The van der Waals surface area contributed by atoms with Gasteiger partial charge in [-0.05, 0) is 74.4 Å². The number of rotatable bonds is 7. The number of ether oxygens (including phenoxy) is 1. The van der Waals surface area contributed by atoms with E-state index in [1.54, 1.807) is 0 Å². The van der Waals surface area contributed by atoms with Gasteiger partial charge in [-0.25, -0.2) is 8.42 Å². The second-order valence-corrected chi connectivity index (χ2v) is 12.0. The van der Waals surface area contributed by atoms with Gasteiger partial charge in [-0.1, -0.05) is 15.9 Å². The molecule has 35 heavy (non-hydrogen) atoms. The zero-order chi connectivity index (χ0) is 25.2. The summed E-state index contributed by atoms with van der Waals surface area (Å²) in [6.07, 6.45) is 4.71. The lowest BCUT2D eigenvalue weighted by Gasteiger charge is -2.36. The van der Waals surface area contributed by atoms with Crippen molar-refractivity contribution in [2.24, 2.45) is 0 Å². The molecule has 1 aliphatic carbocycles. The predicted octanol–water partition coefficient (Wildman–Crippen LogP) is 4.08. The first kappa shape index (κ1) is 25.5. The Bertz CT molecular complexity index is 1280. The summed E-state index contributed by atoms with van der Waals surface area (Å²) in [5.41, 5.74) is -0.399. The minimum absolute atomic E-state index is 0.00228. The Morgan fingerprint density at radius 1 is 1.20 bits per heavy atom. The quantitative estimate of drug-likeness (QED) is 0.462. The fraction of sp³-hybridized carbons (Fsp3) is 0.440. The van der Waals surface area contributed by atoms with Crippen LogP contribution in [0.3, 0.4) is 0 Å². The summed E-state index contributed by atoms with van der Waals surface area (Å²) in [4.78, 5) is 12.8. The van der Waals surface area contributed by atoms with Crippen molar-refractivity contribution in [2.45, 2.75) is 60.7 Å². The van der Waals surface area contributed by atoms with E-state index in [4.69, 9.17) is 4.74 Å². The van der Waals surface area contributed by atoms with Crippen LogP contribution in [-0.2, 0) is 25.7 Å². The van der Waals surface area contributed by atoms with E-state index in [0.717, 1.165) is 25.7 Å². The van der Waals surface area contributed by atoms with Crippen LogP contribution in [0.5, 0.6) is 11.5 Å². The predicted molar refractivity (Wildman–Crippen MR) is 132 cm³/mol. The molecule has 4 rings (SSSR count). The number of aromatic hydroxyl groups is 2. The van der Waals surface area contributed by atoms with Gasteiger partial charge in [0.2, 0.25) is 0 Å². The molecule has 0 spiro atoms. The first-order valence-electron chi connectivity index (χ1n) is 11.5. The standard InChI is InChI=1S/C25H27BrN2O6S/c26-18-5-6-21(29)22(12-18)35(32,33)14-16-10-17(25(15-27)7-3-8-25)11-20(23(16)30)24(31)28-13-19-4-1-2-9-34-19/h5-6,10-12,19,29-30H,1-4,7-9,13-14H2,(H,28,31). The maximum absolute atomic E-state index is 13.2. The maximum Gasteiger partial charge on any atom is 0.255 e. The molecule has 10 heteroatoms. The fourth-order valence-electron chi connectivity index (χ4n) is 4.54. The third-order valence-electron chi connectivity index (χ3n) is 6.77. The van der Waals surface area contributed by atoms with Crippen LogP contribution in [-0.4, -0.2) is 43.8 Å². The van der Waals surface area contributed by atoms with E-state index in [9.17, 15) is 28.7 Å². The molecule has 1 unspecified atom stereocenters. The molecular weight excluding hydrogens is 536 g/mol. The van der Waals surface area contributed by atoms with Crippen molar-refractivity contribution >= 4 is 31.7 Å². The Hall–Kier alpha value is -2.61. The van der Waals surface area contributed by atoms with Gasteiger partial charge in [0.05, 0.1) is 28.9 Å². The van der Waals surface area contributed by atoms with Crippen LogP contribution >= 0.6 is 15.9 Å². The number of nitrogens with zero attached hydrogens (tertiary/aromatic N) is 1. The van der Waals surface area contributed by atoms with Crippen LogP contribution in [0.4, 0.5) is 0 Å². The van der Waals surface area contributed by atoms with Gasteiger partial charge >= 0.3 is 0 Å². The van der Waals surface area contributed by atoms with Gasteiger partial charge in [0, 0.05) is 23.2 Å². The highest BCUT2D eigenvalue weighted by atomic mass is 79.9. The van der Waals surface area contributed by atoms with E-state index >= 15 is 0 Å². The van der Waals surface area contributed by atoms with Crippen molar-refractivity contribution in [1.82, 2.24) is 5.32 Å². The SMILES string of the molecule is N#CC1(c2cc(CS(=O)(=O)c3cc(Br)ccc3O)c(O)c(C(=O)NCC3CCCCO3)c2)CCC1. The smallest absolute Gasteiger partial charge is 0.255 e. The number of nitriles is 1. The van der Waals surface area contributed by atoms with Crippen LogP contribution in [0.1, 0.15) is 60.0 Å². The number of phenols is 2. The number of halogens is 1. The Morgan fingerprint density at radius 3 is 2.60 bits per heavy atom. The molecule has 186 valence electrons. The van der Waals surface area contributed by atoms with Crippen LogP contribution in [0.15, 0.2) is 39.7 Å². The molecule has 1 heterocycles. The lowest BCUT2D eigenvalue weighted by molar-refractivity contribution is 0.0168. The number of carbonyl (C=O) groups is 1. The Balaban J connectivity index is 1.70. The largest absolute Gasteiger partial charge is 0.507 e. The van der Waals surface area contributed by atoms with Gasteiger partial charge in [-0.15, -0.1) is 0 Å². The van der Waals surface area contributed by atoms with Crippen LogP contribution in [0.2, 0.25) is 0 Å². The molecule has 8 nitrogen and oxygen atoms in total. The Kier molecular flexibility index (Phi) is 7.40. The highest BCUT2D eigenvalue weighted by Crippen LogP contribution is 2.45. The number of carbonyl (C=O) groups excluding carboxylic acids is 1. The normalized spacial score (nSPS) is 19.4. The topological polar surface area (TPSA) is 137 Å². The highest BCUT2D eigenvalue weighted by Gasteiger charge is 2.40. The number of hydrogen-bond donors (Lipinski definition) is 3. The number of nitrogens with one attached hydrogen (secondary N) is 1. The Morgan fingerprint density at radius 2 is 1.97 bits per heavy atom. The van der Waals surface area contributed by atoms with Crippen molar-refractivity contribution < 1.29 is 28.2 Å². The summed E-state index contributed by atoms with van der Waals surface area (Å²) >= 11 is 3.21. The van der Waals surface area contributed by atoms with Crippen molar-refractivity contribution in [2.75, 3.05) is 13.2 Å². The van der Waals surface area contributed by atoms with E-state index < -0.39 is 38.4 Å². The van der Waals surface area contributed by atoms with Gasteiger partial charge in [0.1, 0.15) is 16.4 Å². The van der Waals surface area contributed by atoms with Crippen molar-refractivity contribution in [3.05, 3.63) is 51.5 Å². The number of hydrogen-bond acceptors (Lipinski definition) is 7. The maximum atomic E-state index is 13.2. The zero-order valence-electron chi connectivity index (χ0n) is 19.1. The van der Waals surface area contributed by atoms with Crippen molar-refractivity contribution in [1.29, 1.82) is 5.26 Å². The molecule has 0 radical (unpaired) electrons. The van der Waals surface area contributed by atoms with Crippen molar-refractivity contribution in [3.8, 4) is 17.6 Å². The monoisotopic (exact) mass is 562 g/mol. The molecule has 2 aromatic carbocycles. The number of phenolic OH excluding ortho intramolecular Hbond substituents is 2. The van der Waals surface area contributed by atoms with Gasteiger partial charge in [0.25, 0.3) is 5.91 Å². The summed E-state index contributed by atoms with van der Waals surface area (Å²) in [5, 5.41) is 33.7. The fourth-order valence-corrected chi connectivity index (χ4v) is 6.53. The molecule has 2 fully saturated rings. The molecule has 0 bridgehead atoms. The first-order valence-corrected chi connectivity index (χ1v) is 14.0. The van der Waals surface area contributed by atoms with E-state index in [2.05, 4.69) is 27.3 Å². The molecule has 1 aliphatic heterocycles. The number of amides is 1. The first-order chi connectivity index (χ1) is 16.6. The molecule has 1 saturated carbocycles. The van der Waals surface area contributed by atoms with Crippen LogP contribution in [0, 0.1) is 11.3 Å². The lowest BCUT2D eigenvalue weighted by atomic mass is 9.65. The molecule has 1 amide bonds. The van der Waals surface area contributed by atoms with Gasteiger partial charge in [-0.3, -0.25) is 4.79 Å². The van der Waals surface area contributed by atoms with E-state index in [1.807, 2.05) is 0 Å². The van der Waals surface area contributed by atoms with Gasteiger partial charge < -0.3 is 20.3 Å². The molecule has 2 aromatic rings. The minimum Gasteiger partial charge on any atom is -0.507 e. The lowest BCUT2D eigenvalue weighted by Crippen LogP contribution is -2.36. The second kappa shape index (κ2) is 10.2. The minimum atomic E-state index is -4.09. The van der Waals surface area contributed by atoms with E-state index in [0.29, 0.717) is 29.5 Å². The Labute approximate surface area is 213 Å². The van der Waals surface area contributed by atoms with E-state index in [1.165, 1.54) is 30.3 Å². The van der Waals surface area contributed by atoms with Crippen molar-refractivity contribution in [3.63, 3.8) is 0 Å². The zero-order valence-corrected chi connectivity index (χ0v) is 21.5.